The number of ether oxygens (including phenoxy) is 1. The number of carbonyl (C=O) groups is 1. The van der Waals surface area contributed by atoms with Gasteiger partial charge >= 0.3 is 0 Å². The van der Waals surface area contributed by atoms with E-state index in [1.165, 1.54) is 6.07 Å². The highest BCUT2D eigenvalue weighted by molar-refractivity contribution is 5.76. The first kappa shape index (κ1) is 18.8. The summed E-state index contributed by atoms with van der Waals surface area (Å²) in [6.45, 7) is 0. The Morgan fingerprint density at radius 2 is 2.07 bits per heavy atom. The number of aryl methyl sites for hydroxylation is 1. The number of nitrogens with zero attached hydrogens (tertiary/aromatic N) is 1. The van der Waals surface area contributed by atoms with E-state index in [0.717, 1.165) is 16.9 Å². The average molecular weight is 370 g/mol. The highest BCUT2D eigenvalue weighted by Gasteiger charge is 2.26. The highest BCUT2D eigenvalue weighted by atomic mass is 16.6. The summed E-state index contributed by atoms with van der Waals surface area (Å²) in [6.07, 6.45) is 1.36. The first-order valence-electron chi connectivity index (χ1n) is 8.73. The van der Waals surface area contributed by atoms with Crippen LogP contribution in [0.4, 0.5) is 5.69 Å². The van der Waals surface area contributed by atoms with Crippen LogP contribution in [-0.2, 0) is 11.2 Å². The van der Waals surface area contributed by atoms with Crippen LogP contribution in [0.1, 0.15) is 30.0 Å². The van der Waals surface area contributed by atoms with Gasteiger partial charge in [0, 0.05) is 31.0 Å². The van der Waals surface area contributed by atoms with Gasteiger partial charge in [0.1, 0.15) is 5.75 Å². The molecule has 0 bridgehead atoms. The summed E-state index contributed by atoms with van der Waals surface area (Å²) in [4.78, 5) is 22.7. The van der Waals surface area contributed by atoms with Gasteiger partial charge in [-0.1, -0.05) is 24.3 Å². The summed E-state index contributed by atoms with van der Waals surface area (Å²) in [7, 11) is 1.61. The van der Waals surface area contributed by atoms with Crippen LogP contribution in [0.3, 0.4) is 0 Å². The molecule has 8 nitrogen and oxygen atoms in total. The monoisotopic (exact) mass is 370 g/mol. The van der Waals surface area contributed by atoms with E-state index in [4.69, 9.17) is 4.74 Å². The van der Waals surface area contributed by atoms with Crippen molar-refractivity contribution in [1.29, 1.82) is 0 Å². The van der Waals surface area contributed by atoms with Gasteiger partial charge in [0.15, 0.2) is 0 Å². The molecule has 0 spiro atoms. The van der Waals surface area contributed by atoms with Gasteiger partial charge in [0.25, 0.3) is 5.69 Å². The normalized spacial score (nSPS) is 18.9. The van der Waals surface area contributed by atoms with Crippen molar-refractivity contribution in [3.8, 4) is 5.75 Å². The minimum atomic E-state index is -0.413. The molecule has 1 fully saturated rings. The Labute approximate surface area is 157 Å². The van der Waals surface area contributed by atoms with Crippen LogP contribution in [0.25, 0.3) is 0 Å². The molecule has 0 aromatic heterocycles. The van der Waals surface area contributed by atoms with E-state index >= 15 is 0 Å². The second kappa shape index (κ2) is 8.61. The number of nitro benzene ring substituents is 1. The number of rotatable bonds is 7. The Morgan fingerprint density at radius 1 is 1.26 bits per heavy atom. The summed E-state index contributed by atoms with van der Waals surface area (Å²) in [5.41, 5.74) is 8.01. The molecular formula is C19H22N4O4. The molecule has 2 unspecified atom stereocenters. The molecule has 142 valence electrons. The van der Waals surface area contributed by atoms with Crippen LogP contribution in [0.5, 0.6) is 5.75 Å². The molecule has 3 rings (SSSR count). The topological polar surface area (TPSA) is 106 Å². The fourth-order valence-electron chi connectivity index (χ4n) is 3.08. The van der Waals surface area contributed by atoms with E-state index < -0.39 is 4.92 Å². The number of benzene rings is 2. The molecule has 2 aromatic rings. The van der Waals surface area contributed by atoms with E-state index in [1.807, 2.05) is 30.3 Å². The Bertz CT molecular complexity index is 827. The molecule has 1 heterocycles. The molecule has 0 radical (unpaired) electrons. The average Bonchev–Trinajstić information content (AvgIpc) is 3.15. The third-order valence-corrected chi connectivity index (χ3v) is 4.50. The number of carbonyl (C=O) groups excluding carboxylic acids is 1. The quantitative estimate of drug-likeness (QED) is 0.510. The molecule has 1 amide bonds. The number of amides is 1. The molecule has 1 aliphatic rings. The van der Waals surface area contributed by atoms with Crippen LogP contribution in [0, 0.1) is 10.1 Å². The van der Waals surface area contributed by atoms with Crippen LogP contribution in [-0.4, -0.2) is 24.1 Å². The Balaban J connectivity index is 1.49. The van der Waals surface area contributed by atoms with Gasteiger partial charge in [-0.2, -0.15) is 0 Å². The fourth-order valence-corrected chi connectivity index (χ4v) is 3.08. The predicted molar refractivity (Wildman–Crippen MR) is 100.0 cm³/mol. The maximum Gasteiger partial charge on any atom is 0.269 e. The van der Waals surface area contributed by atoms with Gasteiger partial charge in [0.2, 0.25) is 5.91 Å². The number of non-ortho nitro benzene ring substituents is 1. The first-order chi connectivity index (χ1) is 13.0. The van der Waals surface area contributed by atoms with Crippen molar-refractivity contribution in [1.82, 2.24) is 16.2 Å². The summed E-state index contributed by atoms with van der Waals surface area (Å²) in [6, 6.07) is 14.0. The Kier molecular flexibility index (Phi) is 6.00. The summed E-state index contributed by atoms with van der Waals surface area (Å²) in [5, 5.41) is 13.8. The second-order valence-corrected chi connectivity index (χ2v) is 6.40. The molecule has 1 saturated heterocycles. The lowest BCUT2D eigenvalue weighted by atomic mass is 10.0. The van der Waals surface area contributed by atoms with Crippen molar-refractivity contribution in [2.45, 2.75) is 31.5 Å². The zero-order valence-corrected chi connectivity index (χ0v) is 15.0. The molecule has 0 saturated carbocycles. The number of hydrogen-bond donors (Lipinski definition) is 3. The van der Waals surface area contributed by atoms with Crippen molar-refractivity contribution >= 4 is 11.6 Å². The lowest BCUT2D eigenvalue weighted by Crippen LogP contribution is -2.44. The van der Waals surface area contributed by atoms with E-state index in [2.05, 4.69) is 16.2 Å². The minimum Gasteiger partial charge on any atom is -0.497 e. The van der Waals surface area contributed by atoms with Gasteiger partial charge in [0.05, 0.1) is 18.2 Å². The van der Waals surface area contributed by atoms with Gasteiger partial charge < -0.3 is 10.1 Å². The molecule has 1 aliphatic heterocycles. The van der Waals surface area contributed by atoms with Crippen LogP contribution < -0.4 is 20.9 Å². The summed E-state index contributed by atoms with van der Waals surface area (Å²) in [5.74, 6) is 0.714. The molecule has 8 heteroatoms. The van der Waals surface area contributed by atoms with Crippen molar-refractivity contribution in [2.24, 2.45) is 0 Å². The lowest BCUT2D eigenvalue weighted by Gasteiger charge is -2.12. The van der Waals surface area contributed by atoms with E-state index in [-0.39, 0.29) is 23.8 Å². The Morgan fingerprint density at radius 3 is 2.85 bits per heavy atom. The number of hydrogen-bond acceptors (Lipinski definition) is 6. The van der Waals surface area contributed by atoms with Gasteiger partial charge in [-0.15, -0.1) is 0 Å². The summed E-state index contributed by atoms with van der Waals surface area (Å²) < 4.78 is 5.19. The Hall–Kier alpha value is -2.97. The van der Waals surface area contributed by atoms with Gasteiger partial charge in [-0.25, -0.2) is 10.9 Å². The third kappa shape index (κ3) is 5.02. The maximum atomic E-state index is 12.2. The number of nitrogens with one attached hydrogen (secondary N) is 3. The number of nitro groups is 1. The smallest absolute Gasteiger partial charge is 0.269 e. The first-order valence-corrected chi connectivity index (χ1v) is 8.73. The molecule has 0 aliphatic carbocycles. The van der Waals surface area contributed by atoms with Crippen molar-refractivity contribution < 1.29 is 14.5 Å². The van der Waals surface area contributed by atoms with Gasteiger partial charge in [-0.05, 0) is 29.7 Å². The SMILES string of the molecule is COc1cccc(CCC(=O)NC2CC(c3cccc([N+](=O)[O-])c3)NN2)c1. The zero-order valence-electron chi connectivity index (χ0n) is 15.0. The summed E-state index contributed by atoms with van der Waals surface area (Å²) >= 11 is 0. The zero-order chi connectivity index (χ0) is 19.2. The van der Waals surface area contributed by atoms with E-state index in [9.17, 15) is 14.9 Å². The van der Waals surface area contributed by atoms with E-state index in [0.29, 0.717) is 19.3 Å². The fraction of sp³-hybridized carbons (Fsp3) is 0.316. The second-order valence-electron chi connectivity index (χ2n) is 6.40. The third-order valence-electron chi connectivity index (χ3n) is 4.50. The van der Waals surface area contributed by atoms with Crippen molar-refractivity contribution in [3.63, 3.8) is 0 Å². The van der Waals surface area contributed by atoms with E-state index in [1.54, 1.807) is 19.2 Å². The number of methoxy groups -OCH3 is 1. The molecule has 2 atom stereocenters. The van der Waals surface area contributed by atoms with Crippen LogP contribution >= 0.6 is 0 Å². The maximum absolute atomic E-state index is 12.2. The minimum absolute atomic E-state index is 0.0556. The van der Waals surface area contributed by atoms with Crippen LogP contribution in [0.2, 0.25) is 0 Å². The lowest BCUT2D eigenvalue weighted by molar-refractivity contribution is -0.384. The predicted octanol–water partition coefficient (Wildman–Crippen LogP) is 2.22. The molecule has 3 N–H and O–H groups in total. The number of hydrazine groups is 1. The standard InChI is InChI=1S/C19H22N4O4/c1-27-16-7-2-4-13(10-16)8-9-19(24)20-18-12-17(21-22-18)14-5-3-6-15(11-14)23(25)26/h2-7,10-11,17-18,21-22H,8-9,12H2,1H3,(H,20,24). The molecule has 27 heavy (non-hydrogen) atoms. The largest absolute Gasteiger partial charge is 0.497 e. The molecular weight excluding hydrogens is 348 g/mol. The van der Waals surface area contributed by atoms with Gasteiger partial charge in [-0.3, -0.25) is 14.9 Å². The van der Waals surface area contributed by atoms with Crippen molar-refractivity contribution in [2.75, 3.05) is 7.11 Å². The van der Waals surface area contributed by atoms with Crippen LogP contribution in [0.15, 0.2) is 48.5 Å². The highest BCUT2D eigenvalue weighted by Crippen LogP contribution is 2.24. The van der Waals surface area contributed by atoms with Crippen molar-refractivity contribution in [3.05, 3.63) is 69.8 Å². The molecule has 2 aromatic carbocycles.